The highest BCUT2D eigenvalue weighted by Gasteiger charge is 2.21. The van der Waals surface area contributed by atoms with Crippen LogP contribution in [0.4, 0.5) is 0 Å². The fourth-order valence-electron chi connectivity index (χ4n) is 9.33. The number of fused-ring (bicyclic) bond motifs is 13. The van der Waals surface area contributed by atoms with Gasteiger partial charge in [-0.25, -0.2) is 0 Å². The topological polar surface area (TPSA) is 0 Å². The van der Waals surface area contributed by atoms with Crippen molar-refractivity contribution in [2.24, 2.45) is 0 Å². The van der Waals surface area contributed by atoms with Crippen LogP contribution in [0.5, 0.6) is 0 Å². The number of benzene rings is 9. The molecule has 11 aromatic rings. The Hall–Kier alpha value is -6.06. The van der Waals surface area contributed by atoms with E-state index in [1.807, 2.05) is 22.7 Å². The van der Waals surface area contributed by atoms with Gasteiger partial charge in [-0.3, -0.25) is 0 Å². The number of allylic oxidation sites excluding steroid dienone is 1. The molecule has 0 atom stereocenters. The molecule has 0 amide bonds. The van der Waals surface area contributed by atoms with E-state index in [0.717, 1.165) is 12.8 Å². The van der Waals surface area contributed by atoms with Crippen molar-refractivity contribution >= 4 is 107 Å². The molecule has 54 heavy (non-hydrogen) atoms. The van der Waals surface area contributed by atoms with Crippen molar-refractivity contribution in [2.45, 2.75) is 12.8 Å². The highest BCUT2D eigenvalue weighted by Crippen LogP contribution is 2.50. The summed E-state index contributed by atoms with van der Waals surface area (Å²) in [5.74, 6) is 0. The second-order valence-corrected chi connectivity index (χ2v) is 16.8. The van der Waals surface area contributed by atoms with E-state index in [2.05, 4.69) is 170 Å². The van der Waals surface area contributed by atoms with Crippen molar-refractivity contribution < 1.29 is 0 Å². The average molecular weight is 721 g/mol. The van der Waals surface area contributed by atoms with E-state index in [1.165, 1.54) is 117 Å². The predicted octanol–water partition coefficient (Wildman–Crippen LogP) is 15.7. The lowest BCUT2D eigenvalue weighted by Crippen LogP contribution is -2.00. The zero-order valence-corrected chi connectivity index (χ0v) is 31.0. The zero-order chi connectivity index (χ0) is 35.3. The van der Waals surface area contributed by atoms with E-state index in [1.54, 1.807) is 0 Å². The van der Waals surface area contributed by atoms with Crippen molar-refractivity contribution in [3.05, 3.63) is 180 Å². The number of aryl methyl sites for hydroxylation is 1. The summed E-state index contributed by atoms with van der Waals surface area (Å²) in [7, 11) is 0. The number of rotatable bonds is 3. The summed E-state index contributed by atoms with van der Waals surface area (Å²) >= 11 is 3.91. The molecule has 2 aromatic heterocycles. The van der Waals surface area contributed by atoms with Crippen LogP contribution in [-0.4, -0.2) is 0 Å². The molecular weight excluding hydrogens is 689 g/mol. The molecule has 0 radical (unpaired) electrons. The molecule has 2 heterocycles. The van der Waals surface area contributed by atoms with Gasteiger partial charge in [0.15, 0.2) is 0 Å². The summed E-state index contributed by atoms with van der Waals surface area (Å²) in [5.41, 5.74) is 10.7. The fraction of sp³-hybridized carbons (Fsp3) is 0.0385. The lowest BCUT2D eigenvalue weighted by Gasteiger charge is -2.21. The molecule has 0 unspecified atom stereocenters. The van der Waals surface area contributed by atoms with E-state index >= 15 is 0 Å². The highest BCUT2D eigenvalue weighted by atomic mass is 32.1. The summed E-state index contributed by atoms with van der Waals surface area (Å²) in [6.07, 6.45) is 4.51. The Kier molecular flexibility index (Phi) is 6.60. The highest BCUT2D eigenvalue weighted by molar-refractivity contribution is 7.30. The monoisotopic (exact) mass is 720 g/mol. The molecule has 12 rings (SSSR count). The van der Waals surface area contributed by atoms with Crippen LogP contribution in [0.3, 0.4) is 0 Å². The standard InChI is InChI=1S/C52H32S2/c1-2-12-31(13-3-1)47-37-14-4-6-16-39(37)48(40-17-7-5-15-38(40)47)36-25-24-32-28-33(22-23-34(32)29-36)35-26-27-44-46(30-35)54-51-42-19-9-8-18-41(42)49-43-20-10-11-21-45(43)53-52(49)50(44)51/h1-21,24-30H,22-23H2. The van der Waals surface area contributed by atoms with Crippen LogP contribution in [0.15, 0.2) is 164 Å². The fourth-order valence-corrected chi connectivity index (χ4v) is 12.0. The minimum absolute atomic E-state index is 1.03. The molecule has 0 fully saturated rings. The number of hydrogen-bond acceptors (Lipinski definition) is 2. The molecule has 0 spiro atoms. The van der Waals surface area contributed by atoms with Crippen molar-refractivity contribution in [1.82, 2.24) is 0 Å². The Labute approximate surface area is 320 Å². The molecule has 1 aliphatic rings. The van der Waals surface area contributed by atoms with Crippen molar-refractivity contribution in [3.63, 3.8) is 0 Å². The first-order valence-corrected chi connectivity index (χ1v) is 20.4. The maximum Gasteiger partial charge on any atom is 0.0455 e. The van der Waals surface area contributed by atoms with E-state index in [0.29, 0.717) is 0 Å². The average Bonchev–Trinajstić information content (AvgIpc) is 3.82. The Balaban J connectivity index is 0.988. The van der Waals surface area contributed by atoms with Gasteiger partial charge in [-0.2, -0.15) is 0 Å². The van der Waals surface area contributed by atoms with Gasteiger partial charge in [0.2, 0.25) is 0 Å². The molecule has 252 valence electrons. The normalized spacial score (nSPS) is 13.1. The van der Waals surface area contributed by atoms with E-state index in [-0.39, 0.29) is 0 Å². The molecule has 0 saturated heterocycles. The maximum atomic E-state index is 2.47. The quantitative estimate of drug-likeness (QED) is 0.159. The van der Waals surface area contributed by atoms with Gasteiger partial charge in [-0.1, -0.05) is 158 Å². The Morgan fingerprint density at radius 2 is 0.926 bits per heavy atom. The molecule has 1 aliphatic carbocycles. The smallest absolute Gasteiger partial charge is 0.0455 e. The van der Waals surface area contributed by atoms with Gasteiger partial charge >= 0.3 is 0 Å². The van der Waals surface area contributed by atoms with Crippen molar-refractivity contribution in [2.75, 3.05) is 0 Å². The van der Waals surface area contributed by atoms with Crippen LogP contribution in [-0.2, 0) is 6.42 Å². The molecule has 0 aliphatic heterocycles. The van der Waals surface area contributed by atoms with Crippen LogP contribution < -0.4 is 0 Å². The van der Waals surface area contributed by atoms with Gasteiger partial charge in [-0.05, 0) is 96.4 Å². The van der Waals surface area contributed by atoms with Gasteiger partial charge < -0.3 is 0 Å². The molecule has 2 heteroatoms. The van der Waals surface area contributed by atoms with Crippen LogP contribution in [0.1, 0.15) is 23.1 Å². The third-order valence-electron chi connectivity index (χ3n) is 11.7. The predicted molar refractivity (Wildman–Crippen MR) is 238 cm³/mol. The van der Waals surface area contributed by atoms with Gasteiger partial charge in [0, 0.05) is 45.7 Å². The Morgan fingerprint density at radius 3 is 1.67 bits per heavy atom. The first-order valence-electron chi connectivity index (χ1n) is 18.8. The summed E-state index contributed by atoms with van der Waals surface area (Å²) in [4.78, 5) is 0. The number of hydrogen-bond donors (Lipinski definition) is 0. The molecule has 0 bridgehead atoms. The summed E-state index contributed by atoms with van der Waals surface area (Å²) < 4.78 is 5.56. The minimum Gasteiger partial charge on any atom is -0.134 e. The first-order chi connectivity index (χ1) is 26.8. The summed E-state index contributed by atoms with van der Waals surface area (Å²) in [6, 6.07) is 61.1. The first kappa shape index (κ1) is 30.4. The largest absolute Gasteiger partial charge is 0.134 e. The lowest BCUT2D eigenvalue weighted by atomic mass is 9.83. The van der Waals surface area contributed by atoms with E-state index < -0.39 is 0 Å². The van der Waals surface area contributed by atoms with Crippen LogP contribution in [0.25, 0.3) is 107 Å². The van der Waals surface area contributed by atoms with Gasteiger partial charge in [0.05, 0.1) is 0 Å². The Bertz CT molecular complexity index is 3320. The molecule has 9 aromatic carbocycles. The van der Waals surface area contributed by atoms with Crippen LogP contribution >= 0.6 is 22.7 Å². The zero-order valence-electron chi connectivity index (χ0n) is 29.4. The third kappa shape index (κ3) is 4.42. The maximum absolute atomic E-state index is 2.47. The number of thiophene rings is 2. The second kappa shape index (κ2) is 11.7. The lowest BCUT2D eigenvalue weighted by molar-refractivity contribution is 1.00. The molecular formula is C52H32S2. The van der Waals surface area contributed by atoms with E-state index in [4.69, 9.17) is 0 Å². The minimum atomic E-state index is 1.03. The second-order valence-electron chi connectivity index (χ2n) is 14.7. The molecule has 0 nitrogen and oxygen atoms in total. The van der Waals surface area contributed by atoms with Gasteiger partial charge in [0.25, 0.3) is 0 Å². The summed E-state index contributed by atoms with van der Waals surface area (Å²) in [6.45, 7) is 0. The SMILES string of the molecule is C1=C(c2ccc3c(c2)sc2c4ccccc4c4c5ccccc5sc4c32)CCc2cc(-c3c4ccccc4c(-c4ccccc4)c4ccccc34)ccc21. The van der Waals surface area contributed by atoms with Crippen molar-refractivity contribution in [3.8, 4) is 22.3 Å². The third-order valence-corrected chi connectivity index (χ3v) is 14.1. The van der Waals surface area contributed by atoms with Crippen molar-refractivity contribution in [1.29, 1.82) is 0 Å². The Morgan fingerprint density at radius 1 is 0.352 bits per heavy atom. The molecule has 0 saturated carbocycles. The van der Waals surface area contributed by atoms with E-state index in [9.17, 15) is 0 Å². The van der Waals surface area contributed by atoms with Gasteiger partial charge in [0.1, 0.15) is 0 Å². The van der Waals surface area contributed by atoms with Crippen LogP contribution in [0.2, 0.25) is 0 Å². The van der Waals surface area contributed by atoms with Gasteiger partial charge in [-0.15, -0.1) is 22.7 Å². The molecule has 0 N–H and O–H groups in total. The summed E-state index contributed by atoms with van der Waals surface area (Å²) in [5, 5.41) is 13.5. The van der Waals surface area contributed by atoms with Crippen LogP contribution in [0, 0.1) is 0 Å².